The van der Waals surface area contributed by atoms with Gasteiger partial charge in [0, 0.05) is 13.2 Å². The first-order valence-electron chi connectivity index (χ1n) is 8.24. The summed E-state index contributed by atoms with van der Waals surface area (Å²) in [7, 11) is -1.64. The van der Waals surface area contributed by atoms with E-state index in [1.807, 2.05) is 6.33 Å². The summed E-state index contributed by atoms with van der Waals surface area (Å²) in [5.74, 6) is 1.75. The number of imidazole rings is 1. The Morgan fingerprint density at radius 2 is 2.00 bits per heavy atom. The molecule has 0 spiro atoms. The molecular formula is C16H27N5OSi. The quantitative estimate of drug-likeness (QED) is 0.851. The van der Waals surface area contributed by atoms with E-state index in [0.717, 1.165) is 18.8 Å². The highest BCUT2D eigenvalue weighted by Crippen LogP contribution is 2.43. The maximum absolute atomic E-state index is 6.34. The number of nitrogens with two attached hydrogens (primary N) is 1. The van der Waals surface area contributed by atoms with Crippen molar-refractivity contribution in [2.24, 2.45) is 11.8 Å². The fraction of sp³-hybridized carbons (Fsp3) is 0.688. The third-order valence-corrected chi connectivity index (χ3v) is 9.89. The van der Waals surface area contributed by atoms with Gasteiger partial charge in [0.25, 0.3) is 0 Å². The van der Waals surface area contributed by atoms with Crippen molar-refractivity contribution in [2.45, 2.75) is 51.9 Å². The van der Waals surface area contributed by atoms with Gasteiger partial charge in [-0.3, -0.25) is 0 Å². The van der Waals surface area contributed by atoms with E-state index in [0.29, 0.717) is 23.2 Å². The van der Waals surface area contributed by atoms with E-state index in [1.54, 1.807) is 0 Å². The van der Waals surface area contributed by atoms with Crippen LogP contribution in [0.1, 0.15) is 27.2 Å². The molecule has 1 aliphatic rings. The van der Waals surface area contributed by atoms with E-state index in [4.69, 9.17) is 10.2 Å². The molecule has 3 rings (SSSR count). The average Bonchev–Trinajstić information content (AvgIpc) is 3.06. The summed E-state index contributed by atoms with van der Waals surface area (Å²) in [6.07, 6.45) is 4.54. The molecule has 0 unspecified atom stereocenters. The molecule has 7 heteroatoms. The molecule has 2 N–H and O–H groups in total. The number of hydrogen-bond acceptors (Lipinski definition) is 5. The summed E-state index contributed by atoms with van der Waals surface area (Å²) in [5.41, 5.74) is 7.36. The van der Waals surface area contributed by atoms with E-state index < -0.39 is 8.32 Å². The Balaban J connectivity index is 1.58. The van der Waals surface area contributed by atoms with Crippen molar-refractivity contribution in [2.75, 3.05) is 12.3 Å². The van der Waals surface area contributed by atoms with Gasteiger partial charge in [-0.05, 0) is 36.4 Å². The van der Waals surface area contributed by atoms with Crippen LogP contribution in [0, 0.1) is 11.8 Å². The van der Waals surface area contributed by atoms with Crippen LogP contribution in [0.2, 0.25) is 18.1 Å². The Labute approximate surface area is 138 Å². The number of nitrogen functional groups attached to an aromatic ring is 1. The Bertz CT molecular complexity index is 706. The summed E-state index contributed by atoms with van der Waals surface area (Å²) in [4.78, 5) is 12.6. The van der Waals surface area contributed by atoms with Crippen LogP contribution >= 0.6 is 0 Å². The van der Waals surface area contributed by atoms with Gasteiger partial charge in [0.1, 0.15) is 11.8 Å². The highest BCUT2D eigenvalue weighted by atomic mass is 28.4. The second kappa shape index (κ2) is 5.56. The molecule has 6 nitrogen and oxygen atoms in total. The number of rotatable bonds is 5. The van der Waals surface area contributed by atoms with Gasteiger partial charge in [-0.1, -0.05) is 20.8 Å². The van der Waals surface area contributed by atoms with Crippen molar-refractivity contribution in [1.29, 1.82) is 0 Å². The minimum Gasteiger partial charge on any atom is -0.417 e. The van der Waals surface area contributed by atoms with Gasteiger partial charge in [-0.2, -0.15) is 0 Å². The maximum Gasteiger partial charge on any atom is 0.191 e. The first-order chi connectivity index (χ1) is 10.7. The largest absolute Gasteiger partial charge is 0.417 e. The van der Waals surface area contributed by atoms with Crippen LogP contribution in [0.3, 0.4) is 0 Å². The van der Waals surface area contributed by atoms with Crippen LogP contribution in [-0.4, -0.2) is 34.4 Å². The second-order valence-electron chi connectivity index (χ2n) is 8.16. The maximum atomic E-state index is 6.34. The fourth-order valence-electron chi connectivity index (χ4n) is 2.55. The first-order valence-corrected chi connectivity index (χ1v) is 11.1. The van der Waals surface area contributed by atoms with Crippen molar-refractivity contribution in [1.82, 2.24) is 19.5 Å². The number of nitrogens with zero attached hydrogens (tertiary/aromatic N) is 4. The normalized spacial score (nSPS) is 21.8. The molecule has 2 heterocycles. The number of hydrogen-bond donors (Lipinski definition) is 1. The lowest BCUT2D eigenvalue weighted by Crippen LogP contribution is -2.41. The number of anilines is 1. The Morgan fingerprint density at radius 1 is 1.26 bits per heavy atom. The molecule has 0 bridgehead atoms. The van der Waals surface area contributed by atoms with E-state index in [2.05, 4.69) is 53.4 Å². The minimum atomic E-state index is -1.64. The third kappa shape index (κ3) is 3.25. The molecule has 0 radical (unpaired) electrons. The molecule has 0 amide bonds. The Morgan fingerprint density at radius 3 is 2.70 bits per heavy atom. The molecule has 1 aliphatic carbocycles. The van der Waals surface area contributed by atoms with Crippen LogP contribution in [0.5, 0.6) is 0 Å². The van der Waals surface area contributed by atoms with E-state index in [1.165, 1.54) is 12.7 Å². The predicted octanol–water partition coefficient (Wildman–Crippen LogP) is 3.07. The summed E-state index contributed by atoms with van der Waals surface area (Å²) >= 11 is 0. The van der Waals surface area contributed by atoms with E-state index in [-0.39, 0.29) is 5.04 Å². The summed E-state index contributed by atoms with van der Waals surface area (Å²) in [6, 6.07) is 0. The number of aromatic nitrogens is 4. The van der Waals surface area contributed by atoms with Crippen LogP contribution in [-0.2, 0) is 11.0 Å². The Hall–Kier alpha value is -1.47. The standard InChI is InChI=1S/C16H27N5OSi/c1-16(2,3)23(4,5)22-8-12-6-11(12)7-21-10-20-13-14(17)18-9-19-15(13)21/h9-12H,6-8H2,1-5H3,(H2,17,18,19)/t11-,12+/m1/s1. The summed E-state index contributed by atoms with van der Waals surface area (Å²) < 4.78 is 8.43. The minimum absolute atomic E-state index is 0.270. The van der Waals surface area contributed by atoms with Crippen LogP contribution in [0.4, 0.5) is 5.82 Å². The molecule has 1 saturated carbocycles. The lowest BCUT2D eigenvalue weighted by Gasteiger charge is -2.36. The molecule has 2 aromatic rings. The van der Waals surface area contributed by atoms with Crippen molar-refractivity contribution in [3.63, 3.8) is 0 Å². The van der Waals surface area contributed by atoms with Crippen molar-refractivity contribution >= 4 is 25.3 Å². The van der Waals surface area contributed by atoms with Crippen molar-refractivity contribution < 1.29 is 4.43 Å². The lowest BCUT2D eigenvalue weighted by atomic mass is 10.2. The van der Waals surface area contributed by atoms with Gasteiger partial charge in [0.2, 0.25) is 0 Å². The highest BCUT2D eigenvalue weighted by molar-refractivity contribution is 6.74. The monoisotopic (exact) mass is 333 g/mol. The van der Waals surface area contributed by atoms with Crippen LogP contribution in [0.25, 0.3) is 11.2 Å². The summed E-state index contributed by atoms with van der Waals surface area (Å²) in [6.45, 7) is 13.3. The molecule has 2 atom stereocenters. The van der Waals surface area contributed by atoms with Gasteiger partial charge in [-0.25, -0.2) is 15.0 Å². The van der Waals surface area contributed by atoms with Crippen molar-refractivity contribution in [3.05, 3.63) is 12.7 Å². The SMILES string of the molecule is CC(C)(C)[Si](C)(C)OC[C@@H]1C[C@@H]1Cn1cnc2c(N)ncnc21. The van der Waals surface area contributed by atoms with E-state index in [9.17, 15) is 0 Å². The Kier molecular flexibility index (Phi) is 3.96. The number of fused-ring (bicyclic) bond motifs is 1. The summed E-state index contributed by atoms with van der Waals surface area (Å²) in [5, 5.41) is 0.270. The van der Waals surface area contributed by atoms with Gasteiger partial charge < -0.3 is 14.7 Å². The zero-order valence-corrected chi connectivity index (χ0v) is 15.7. The molecule has 1 fully saturated rings. The topological polar surface area (TPSA) is 78.9 Å². The first kappa shape index (κ1) is 16.4. The molecule has 0 aliphatic heterocycles. The smallest absolute Gasteiger partial charge is 0.191 e. The predicted molar refractivity (Wildman–Crippen MR) is 94.5 cm³/mol. The van der Waals surface area contributed by atoms with E-state index >= 15 is 0 Å². The second-order valence-corrected chi connectivity index (χ2v) is 13.0. The molecular weight excluding hydrogens is 306 g/mol. The van der Waals surface area contributed by atoms with Gasteiger partial charge >= 0.3 is 0 Å². The zero-order chi connectivity index (χ0) is 16.8. The van der Waals surface area contributed by atoms with Gasteiger partial charge in [-0.15, -0.1) is 0 Å². The van der Waals surface area contributed by atoms with Crippen LogP contribution in [0.15, 0.2) is 12.7 Å². The highest BCUT2D eigenvalue weighted by Gasteiger charge is 2.42. The average molecular weight is 334 g/mol. The van der Waals surface area contributed by atoms with Crippen LogP contribution < -0.4 is 5.73 Å². The third-order valence-electron chi connectivity index (χ3n) is 5.39. The molecule has 0 saturated heterocycles. The molecule has 23 heavy (non-hydrogen) atoms. The molecule has 126 valence electrons. The van der Waals surface area contributed by atoms with Gasteiger partial charge in [0.05, 0.1) is 6.33 Å². The molecule has 0 aromatic carbocycles. The van der Waals surface area contributed by atoms with Crippen molar-refractivity contribution in [3.8, 4) is 0 Å². The zero-order valence-electron chi connectivity index (χ0n) is 14.7. The fourth-order valence-corrected chi connectivity index (χ4v) is 3.62. The lowest BCUT2D eigenvalue weighted by molar-refractivity contribution is 0.263. The molecule has 2 aromatic heterocycles. The van der Waals surface area contributed by atoms with Gasteiger partial charge in [0.15, 0.2) is 19.8 Å².